The molecule has 0 aliphatic heterocycles. The minimum atomic E-state index is -1.29. The quantitative estimate of drug-likeness (QED) is 0.291. The van der Waals surface area contributed by atoms with E-state index in [0.717, 1.165) is 89.4 Å². The van der Waals surface area contributed by atoms with Crippen LogP contribution in [0.4, 0.5) is 17.6 Å². The van der Waals surface area contributed by atoms with Gasteiger partial charge < -0.3 is 0 Å². The largest absolute Gasteiger partial charge is 0.244 e. The highest BCUT2D eigenvalue weighted by Crippen LogP contribution is 2.48. The van der Waals surface area contributed by atoms with E-state index in [2.05, 4.69) is 6.92 Å². The maximum absolute atomic E-state index is 15.2. The molecule has 8 unspecified atom stereocenters. The molecule has 0 heterocycles. The van der Waals surface area contributed by atoms with E-state index >= 15 is 8.78 Å². The SMILES string of the molecule is CCCC1CCC(C2CCC(CCC3CCC(C4CCC(CC)C(F)C4F)CC3)C(F)C2F)CC1. The van der Waals surface area contributed by atoms with Crippen LogP contribution in [-0.4, -0.2) is 24.7 Å². The molecule has 4 aliphatic rings. The number of alkyl halides is 4. The van der Waals surface area contributed by atoms with E-state index in [0.29, 0.717) is 17.8 Å². The van der Waals surface area contributed by atoms with Crippen LogP contribution in [0.1, 0.15) is 123 Å². The van der Waals surface area contributed by atoms with Crippen LogP contribution in [0.15, 0.2) is 0 Å². The molecule has 4 rings (SSSR count). The molecule has 4 fully saturated rings. The van der Waals surface area contributed by atoms with Crippen molar-refractivity contribution in [3.05, 3.63) is 0 Å². The first-order chi connectivity index (χ1) is 16.9. The minimum absolute atomic E-state index is 0.0601. The van der Waals surface area contributed by atoms with E-state index in [1.807, 2.05) is 6.92 Å². The number of hydrogen-bond donors (Lipinski definition) is 0. The fourth-order valence-corrected chi connectivity index (χ4v) is 8.83. The molecule has 0 aromatic rings. The highest BCUT2D eigenvalue weighted by atomic mass is 19.2. The number of rotatable bonds is 8. The van der Waals surface area contributed by atoms with Crippen molar-refractivity contribution in [2.45, 2.75) is 148 Å². The van der Waals surface area contributed by atoms with Crippen molar-refractivity contribution in [1.82, 2.24) is 0 Å². The Balaban J connectivity index is 1.17. The zero-order valence-corrected chi connectivity index (χ0v) is 22.5. The van der Waals surface area contributed by atoms with E-state index in [4.69, 9.17) is 0 Å². The third kappa shape index (κ3) is 6.60. The Morgan fingerprint density at radius 3 is 1.40 bits per heavy atom. The molecule has 0 saturated heterocycles. The van der Waals surface area contributed by atoms with E-state index in [1.165, 1.54) is 25.7 Å². The molecule has 204 valence electrons. The average Bonchev–Trinajstić information content (AvgIpc) is 2.88. The summed E-state index contributed by atoms with van der Waals surface area (Å²) in [6.45, 7) is 4.20. The normalized spacial score (nSPS) is 47.5. The summed E-state index contributed by atoms with van der Waals surface area (Å²) < 4.78 is 59.7. The standard InChI is InChI=1S/C31H52F4/c1-3-5-20-6-11-23(12-7-20)27-19-17-25(29(33)31(27)35)15-10-21-8-13-24(14-9-21)26-18-16-22(4-2)28(32)30(26)34/h20-31H,3-19H2,1-2H3. The Morgan fingerprint density at radius 2 is 0.914 bits per heavy atom. The van der Waals surface area contributed by atoms with Crippen LogP contribution >= 0.6 is 0 Å². The maximum atomic E-state index is 15.2. The van der Waals surface area contributed by atoms with Gasteiger partial charge in [0, 0.05) is 0 Å². The molecule has 0 radical (unpaired) electrons. The summed E-state index contributed by atoms with van der Waals surface area (Å²) in [7, 11) is 0. The molecular weight excluding hydrogens is 448 g/mol. The predicted octanol–water partition coefficient (Wildman–Crippen LogP) is 9.99. The van der Waals surface area contributed by atoms with Crippen molar-refractivity contribution in [2.75, 3.05) is 0 Å². The molecule has 4 saturated carbocycles. The van der Waals surface area contributed by atoms with Crippen LogP contribution in [0, 0.1) is 47.3 Å². The molecule has 4 heteroatoms. The second-order valence-electron chi connectivity index (χ2n) is 13.1. The Hall–Kier alpha value is -0.280. The minimum Gasteiger partial charge on any atom is -0.244 e. The summed E-state index contributed by atoms with van der Waals surface area (Å²) in [5.41, 5.74) is 0. The summed E-state index contributed by atoms with van der Waals surface area (Å²) in [6.07, 6.45) is 11.9. The van der Waals surface area contributed by atoms with Gasteiger partial charge in [0.15, 0.2) is 0 Å². The lowest BCUT2D eigenvalue weighted by Gasteiger charge is -2.42. The topological polar surface area (TPSA) is 0 Å². The summed E-state index contributed by atoms with van der Waals surface area (Å²) in [6, 6.07) is 0. The van der Waals surface area contributed by atoms with Gasteiger partial charge in [-0.15, -0.1) is 0 Å². The molecule has 0 spiro atoms. The van der Waals surface area contributed by atoms with Crippen molar-refractivity contribution in [3.8, 4) is 0 Å². The highest BCUT2D eigenvalue weighted by Gasteiger charge is 2.45. The van der Waals surface area contributed by atoms with Gasteiger partial charge in [-0.05, 0) is 105 Å². The summed E-state index contributed by atoms with van der Waals surface area (Å²) in [5, 5.41) is 0. The van der Waals surface area contributed by atoms with Crippen LogP contribution in [0.25, 0.3) is 0 Å². The van der Waals surface area contributed by atoms with Gasteiger partial charge in [-0.1, -0.05) is 65.2 Å². The second-order valence-corrected chi connectivity index (χ2v) is 13.1. The van der Waals surface area contributed by atoms with Gasteiger partial charge in [0.25, 0.3) is 0 Å². The summed E-state index contributed by atoms with van der Waals surface area (Å²) in [4.78, 5) is 0. The molecule has 0 bridgehead atoms. The molecular formula is C31H52F4. The first-order valence-electron chi connectivity index (χ1n) is 15.5. The lowest BCUT2D eigenvalue weighted by Crippen LogP contribution is -2.42. The van der Waals surface area contributed by atoms with Crippen molar-refractivity contribution in [1.29, 1.82) is 0 Å². The summed E-state index contributed by atoms with van der Waals surface area (Å²) >= 11 is 0. The zero-order valence-electron chi connectivity index (χ0n) is 22.5. The molecule has 0 amide bonds. The van der Waals surface area contributed by atoms with Gasteiger partial charge in [0.1, 0.15) is 24.7 Å². The van der Waals surface area contributed by atoms with Crippen molar-refractivity contribution < 1.29 is 17.6 Å². The first kappa shape index (κ1) is 27.7. The van der Waals surface area contributed by atoms with Crippen LogP contribution in [-0.2, 0) is 0 Å². The van der Waals surface area contributed by atoms with Gasteiger partial charge in [0.05, 0.1) is 0 Å². The third-order valence-corrected chi connectivity index (χ3v) is 11.2. The predicted molar refractivity (Wildman–Crippen MR) is 137 cm³/mol. The molecule has 0 aromatic carbocycles. The zero-order chi connectivity index (χ0) is 24.9. The van der Waals surface area contributed by atoms with Crippen LogP contribution in [0.2, 0.25) is 0 Å². The maximum Gasteiger partial charge on any atom is 0.134 e. The fraction of sp³-hybridized carbons (Fsp3) is 1.00. The van der Waals surface area contributed by atoms with Gasteiger partial charge in [-0.2, -0.15) is 0 Å². The molecule has 0 N–H and O–H groups in total. The Bertz CT molecular complexity index is 609. The van der Waals surface area contributed by atoms with Crippen molar-refractivity contribution >= 4 is 0 Å². The molecule has 0 aromatic heterocycles. The highest BCUT2D eigenvalue weighted by molar-refractivity contribution is 4.94. The second kappa shape index (κ2) is 13.0. The van der Waals surface area contributed by atoms with Crippen LogP contribution in [0.5, 0.6) is 0 Å². The average molecular weight is 501 g/mol. The van der Waals surface area contributed by atoms with E-state index in [9.17, 15) is 8.78 Å². The van der Waals surface area contributed by atoms with Crippen molar-refractivity contribution in [3.63, 3.8) is 0 Å². The van der Waals surface area contributed by atoms with Crippen LogP contribution < -0.4 is 0 Å². The molecule has 35 heavy (non-hydrogen) atoms. The van der Waals surface area contributed by atoms with Crippen LogP contribution in [0.3, 0.4) is 0 Å². The monoisotopic (exact) mass is 500 g/mol. The lowest BCUT2D eigenvalue weighted by atomic mass is 9.65. The van der Waals surface area contributed by atoms with Gasteiger partial charge in [-0.3, -0.25) is 0 Å². The number of hydrogen-bond acceptors (Lipinski definition) is 0. The van der Waals surface area contributed by atoms with E-state index in [1.54, 1.807) is 0 Å². The Kier molecular flexibility index (Phi) is 10.3. The van der Waals surface area contributed by atoms with Gasteiger partial charge in [0.2, 0.25) is 0 Å². The van der Waals surface area contributed by atoms with Gasteiger partial charge in [-0.25, -0.2) is 17.6 Å². The first-order valence-corrected chi connectivity index (χ1v) is 15.5. The van der Waals surface area contributed by atoms with Crippen molar-refractivity contribution in [2.24, 2.45) is 47.3 Å². The number of halogens is 4. The Morgan fingerprint density at radius 1 is 0.457 bits per heavy atom. The molecule has 8 atom stereocenters. The lowest BCUT2D eigenvalue weighted by molar-refractivity contribution is -0.0198. The molecule has 0 nitrogen and oxygen atoms in total. The smallest absolute Gasteiger partial charge is 0.134 e. The third-order valence-electron chi connectivity index (χ3n) is 11.2. The fourth-order valence-electron chi connectivity index (χ4n) is 8.83. The Labute approximate surface area is 212 Å². The van der Waals surface area contributed by atoms with E-state index in [-0.39, 0.29) is 23.7 Å². The molecule has 4 aliphatic carbocycles. The summed E-state index contributed by atoms with van der Waals surface area (Å²) in [5.74, 6) is 1.67. The van der Waals surface area contributed by atoms with Gasteiger partial charge >= 0.3 is 0 Å². The van der Waals surface area contributed by atoms with E-state index < -0.39 is 24.7 Å².